The normalized spacial score (nSPS) is 11.3. The average molecular weight is 454 g/mol. The number of aromatic nitrogens is 1. The number of hydrogen-bond donors (Lipinski definition) is 0. The molecule has 3 aromatic rings. The fourth-order valence-corrected chi connectivity index (χ4v) is 4.10. The Hall–Kier alpha value is -1.90. The van der Waals surface area contributed by atoms with E-state index < -0.39 is 11.6 Å². The lowest BCUT2D eigenvalue weighted by Gasteiger charge is -2.21. The molecule has 142 valence electrons. The Morgan fingerprint density at radius 3 is 2.67 bits per heavy atom. The number of rotatable bonds is 6. The van der Waals surface area contributed by atoms with Crippen molar-refractivity contribution in [3.8, 4) is 0 Å². The van der Waals surface area contributed by atoms with Crippen LogP contribution in [0.4, 0.5) is 13.9 Å². The molecule has 0 aliphatic rings. The van der Waals surface area contributed by atoms with E-state index in [1.165, 1.54) is 11.0 Å². The van der Waals surface area contributed by atoms with Gasteiger partial charge in [-0.05, 0) is 51.3 Å². The predicted molar refractivity (Wildman–Crippen MR) is 109 cm³/mol. The van der Waals surface area contributed by atoms with Crippen molar-refractivity contribution in [2.24, 2.45) is 0 Å². The molecule has 0 fully saturated rings. The summed E-state index contributed by atoms with van der Waals surface area (Å²) in [6.07, 6.45) is 0.722. The van der Waals surface area contributed by atoms with Crippen molar-refractivity contribution in [1.29, 1.82) is 0 Å². The maximum atomic E-state index is 14.0. The minimum atomic E-state index is -0.726. The highest BCUT2D eigenvalue weighted by Gasteiger charge is 2.22. The number of nitrogens with zero attached hydrogens (tertiary/aromatic N) is 3. The number of benzene rings is 2. The van der Waals surface area contributed by atoms with Crippen molar-refractivity contribution in [2.75, 3.05) is 32.1 Å². The molecule has 0 radical (unpaired) electrons. The highest BCUT2D eigenvalue weighted by Crippen LogP contribution is 2.32. The maximum Gasteiger partial charge on any atom is 0.260 e. The summed E-state index contributed by atoms with van der Waals surface area (Å²) in [6, 6.07) is 9.11. The molecule has 0 spiro atoms. The van der Waals surface area contributed by atoms with Crippen LogP contribution in [0.25, 0.3) is 10.2 Å². The number of hydrogen-bond acceptors (Lipinski definition) is 4. The van der Waals surface area contributed by atoms with E-state index in [1.807, 2.05) is 25.1 Å². The molecule has 0 bridgehead atoms. The van der Waals surface area contributed by atoms with Crippen LogP contribution in [0.2, 0.25) is 0 Å². The zero-order chi connectivity index (χ0) is 19.6. The van der Waals surface area contributed by atoms with Gasteiger partial charge in [0.05, 0.1) is 4.70 Å². The predicted octanol–water partition coefficient (Wildman–Crippen LogP) is 4.94. The standard InChI is InChI=1S/C19H18BrF2N3OS/c1-24(2)7-4-8-25(18(26)12-5-3-6-13(20)9-12)19-23-17-15(22)10-14(21)11-16(17)27-19/h3,5-6,9-11H,4,7-8H2,1-2H3. The van der Waals surface area contributed by atoms with Gasteiger partial charge >= 0.3 is 0 Å². The number of carbonyl (C=O) groups is 1. The van der Waals surface area contributed by atoms with Crippen LogP contribution in [0.1, 0.15) is 16.8 Å². The van der Waals surface area contributed by atoms with Crippen LogP contribution in [-0.2, 0) is 0 Å². The minimum Gasteiger partial charge on any atom is -0.309 e. The topological polar surface area (TPSA) is 36.4 Å². The molecule has 27 heavy (non-hydrogen) atoms. The van der Waals surface area contributed by atoms with Gasteiger partial charge in [-0.15, -0.1) is 0 Å². The Bertz CT molecular complexity index is 977. The first-order valence-electron chi connectivity index (χ1n) is 8.33. The Kier molecular flexibility index (Phi) is 6.18. The quantitative estimate of drug-likeness (QED) is 0.530. The highest BCUT2D eigenvalue weighted by atomic mass is 79.9. The summed E-state index contributed by atoms with van der Waals surface area (Å²) in [6.45, 7) is 1.21. The smallest absolute Gasteiger partial charge is 0.260 e. The van der Waals surface area contributed by atoms with Gasteiger partial charge in [-0.25, -0.2) is 13.8 Å². The fourth-order valence-electron chi connectivity index (χ4n) is 2.67. The first kappa shape index (κ1) is 19.9. The van der Waals surface area contributed by atoms with Gasteiger partial charge in [0.2, 0.25) is 0 Å². The third-order valence-electron chi connectivity index (χ3n) is 3.94. The molecule has 0 aliphatic heterocycles. The van der Waals surface area contributed by atoms with E-state index in [-0.39, 0.29) is 11.4 Å². The third-order valence-corrected chi connectivity index (χ3v) is 5.46. The van der Waals surface area contributed by atoms with Crippen molar-refractivity contribution < 1.29 is 13.6 Å². The van der Waals surface area contributed by atoms with Gasteiger partial charge in [-0.2, -0.15) is 0 Å². The number of thiazole rings is 1. The Balaban J connectivity index is 1.98. The Morgan fingerprint density at radius 2 is 1.96 bits per heavy atom. The summed E-state index contributed by atoms with van der Waals surface area (Å²) in [7, 11) is 3.91. The number of carbonyl (C=O) groups excluding carboxylic acids is 1. The minimum absolute atomic E-state index is 0.0797. The third kappa shape index (κ3) is 4.69. The summed E-state index contributed by atoms with van der Waals surface area (Å²) >= 11 is 4.48. The van der Waals surface area contributed by atoms with Crippen LogP contribution in [0.3, 0.4) is 0 Å². The molecule has 0 aliphatic carbocycles. The van der Waals surface area contributed by atoms with Gasteiger partial charge in [0.15, 0.2) is 10.9 Å². The maximum absolute atomic E-state index is 14.0. The Morgan fingerprint density at radius 1 is 1.19 bits per heavy atom. The van der Waals surface area contributed by atoms with Gasteiger partial charge < -0.3 is 4.90 Å². The molecule has 0 atom stereocenters. The summed E-state index contributed by atoms with van der Waals surface area (Å²) in [5, 5.41) is 0.359. The largest absolute Gasteiger partial charge is 0.309 e. The molecular formula is C19H18BrF2N3OS. The van der Waals surface area contributed by atoms with Gasteiger partial charge in [0.1, 0.15) is 11.3 Å². The molecule has 1 heterocycles. The van der Waals surface area contributed by atoms with Crippen LogP contribution >= 0.6 is 27.3 Å². The molecule has 2 aromatic carbocycles. The van der Waals surface area contributed by atoms with Crippen LogP contribution in [0.15, 0.2) is 40.9 Å². The van der Waals surface area contributed by atoms with Crippen LogP contribution in [-0.4, -0.2) is 43.0 Å². The fraction of sp³-hybridized carbons (Fsp3) is 0.263. The average Bonchev–Trinajstić information content (AvgIpc) is 3.02. The molecule has 4 nitrogen and oxygen atoms in total. The van der Waals surface area contributed by atoms with E-state index in [0.29, 0.717) is 21.9 Å². The lowest BCUT2D eigenvalue weighted by molar-refractivity contribution is 0.0986. The Labute approximate surface area is 168 Å². The molecule has 0 saturated heterocycles. The number of amides is 1. The number of anilines is 1. The lowest BCUT2D eigenvalue weighted by atomic mass is 10.2. The lowest BCUT2D eigenvalue weighted by Crippen LogP contribution is -2.33. The van der Waals surface area contributed by atoms with E-state index in [1.54, 1.807) is 18.2 Å². The van der Waals surface area contributed by atoms with Gasteiger partial charge in [0.25, 0.3) is 5.91 Å². The number of fused-ring (bicyclic) bond motifs is 1. The van der Waals surface area contributed by atoms with Crippen LogP contribution in [0, 0.1) is 11.6 Å². The second-order valence-electron chi connectivity index (χ2n) is 6.35. The molecule has 1 aromatic heterocycles. The molecule has 0 unspecified atom stereocenters. The van der Waals surface area contributed by atoms with E-state index in [4.69, 9.17) is 0 Å². The van der Waals surface area contributed by atoms with Gasteiger partial charge in [-0.3, -0.25) is 9.69 Å². The SMILES string of the molecule is CN(C)CCCN(C(=O)c1cccc(Br)c1)c1nc2c(F)cc(F)cc2s1. The second-order valence-corrected chi connectivity index (χ2v) is 8.28. The van der Waals surface area contributed by atoms with E-state index >= 15 is 0 Å². The van der Waals surface area contributed by atoms with E-state index in [2.05, 4.69) is 20.9 Å². The molecule has 0 N–H and O–H groups in total. The summed E-state index contributed by atoms with van der Waals surface area (Å²) < 4.78 is 28.7. The first-order chi connectivity index (χ1) is 12.8. The van der Waals surface area contributed by atoms with Crippen LogP contribution in [0.5, 0.6) is 0 Å². The van der Waals surface area contributed by atoms with E-state index in [9.17, 15) is 13.6 Å². The molecule has 8 heteroatoms. The van der Waals surface area contributed by atoms with E-state index in [0.717, 1.165) is 34.8 Å². The first-order valence-corrected chi connectivity index (χ1v) is 9.94. The second kappa shape index (κ2) is 8.41. The summed E-state index contributed by atoms with van der Waals surface area (Å²) in [5.74, 6) is -1.61. The molecular weight excluding hydrogens is 436 g/mol. The molecule has 1 amide bonds. The molecule has 0 saturated carbocycles. The van der Waals surface area contributed by atoms with Gasteiger partial charge in [0, 0.05) is 22.6 Å². The van der Waals surface area contributed by atoms with Crippen molar-refractivity contribution in [1.82, 2.24) is 9.88 Å². The van der Waals surface area contributed by atoms with Crippen molar-refractivity contribution >= 4 is 48.5 Å². The van der Waals surface area contributed by atoms with Crippen molar-refractivity contribution in [3.05, 3.63) is 58.1 Å². The zero-order valence-corrected chi connectivity index (χ0v) is 17.3. The summed E-state index contributed by atoms with van der Waals surface area (Å²) in [5.41, 5.74) is 0.580. The van der Waals surface area contributed by atoms with Crippen molar-refractivity contribution in [3.63, 3.8) is 0 Å². The summed E-state index contributed by atoms with van der Waals surface area (Å²) in [4.78, 5) is 20.9. The monoisotopic (exact) mass is 453 g/mol. The van der Waals surface area contributed by atoms with Crippen molar-refractivity contribution in [2.45, 2.75) is 6.42 Å². The molecule has 3 rings (SSSR count). The number of halogens is 3. The zero-order valence-electron chi connectivity index (χ0n) is 14.9. The van der Waals surface area contributed by atoms with Crippen LogP contribution < -0.4 is 4.90 Å². The van der Waals surface area contributed by atoms with Gasteiger partial charge in [-0.1, -0.05) is 33.3 Å². The highest BCUT2D eigenvalue weighted by molar-refractivity contribution is 9.10.